The average Bonchev–Trinajstić information content (AvgIpc) is 3.19. The average molecular weight is 789 g/mol. The summed E-state index contributed by atoms with van der Waals surface area (Å²) in [4.78, 5) is 71.9. The quantitative estimate of drug-likeness (QED) is 0.0736. The summed E-state index contributed by atoms with van der Waals surface area (Å²) in [5.41, 5.74) is 2.96. The Morgan fingerprint density at radius 3 is 1.29 bits per heavy atom. The Morgan fingerprint density at radius 1 is 0.586 bits per heavy atom. The van der Waals surface area contributed by atoms with Crippen molar-refractivity contribution in [3.63, 3.8) is 0 Å². The number of benzene rings is 5. The van der Waals surface area contributed by atoms with Crippen LogP contribution in [0.25, 0.3) is 0 Å². The molecular formula is C45H48N4O9. The van der Waals surface area contributed by atoms with Gasteiger partial charge in [0.15, 0.2) is 0 Å². The van der Waals surface area contributed by atoms with Gasteiger partial charge in [0.2, 0.25) is 0 Å². The summed E-state index contributed by atoms with van der Waals surface area (Å²) >= 11 is 0. The molecule has 1 amide bonds. The molecule has 0 atom stereocenters. The van der Waals surface area contributed by atoms with Crippen LogP contribution in [-0.4, -0.2) is 74.4 Å². The molecule has 0 radical (unpaired) electrons. The number of rotatable bonds is 12. The van der Waals surface area contributed by atoms with Crippen molar-refractivity contribution >= 4 is 34.8 Å². The maximum atomic E-state index is 13.5. The van der Waals surface area contributed by atoms with Crippen molar-refractivity contribution in [1.82, 2.24) is 9.80 Å². The van der Waals surface area contributed by atoms with Crippen LogP contribution < -0.4 is 0 Å². The molecule has 5 aromatic carbocycles. The van der Waals surface area contributed by atoms with Crippen molar-refractivity contribution in [3.8, 4) is 0 Å². The third kappa shape index (κ3) is 10.3. The predicted molar refractivity (Wildman–Crippen MR) is 222 cm³/mol. The predicted octanol–water partition coefficient (Wildman–Crippen LogP) is 8.17. The number of carbonyl (C=O) groups is 4. The largest absolute Gasteiger partial charge is 0.478 e. The Balaban J connectivity index is 0.000000424. The summed E-state index contributed by atoms with van der Waals surface area (Å²) in [7, 11) is 0. The number of hydrogen-bond donors (Lipinski definition) is 1. The molecule has 1 fully saturated rings. The maximum Gasteiger partial charge on any atom is 0.335 e. The molecule has 6 rings (SSSR count). The van der Waals surface area contributed by atoms with Crippen LogP contribution in [0.2, 0.25) is 0 Å². The van der Waals surface area contributed by atoms with E-state index in [9.17, 15) is 39.4 Å². The van der Waals surface area contributed by atoms with E-state index in [4.69, 9.17) is 5.11 Å². The summed E-state index contributed by atoms with van der Waals surface area (Å²) in [6, 6.07) is 39.2. The first kappa shape index (κ1) is 45.5. The minimum absolute atomic E-state index is 0. The molecule has 1 aliphatic heterocycles. The zero-order chi connectivity index (χ0) is 40.4. The Bertz CT molecular complexity index is 2140. The number of carboxylic acid groups (broad SMARTS) is 1. The summed E-state index contributed by atoms with van der Waals surface area (Å²) in [6.07, 6.45) is -0.111. The Hall–Kier alpha value is -6.86. The molecule has 0 unspecified atom stereocenters. The fourth-order valence-electron chi connectivity index (χ4n) is 7.08. The second-order valence-electron chi connectivity index (χ2n) is 13.4. The molecule has 0 spiro atoms. The van der Waals surface area contributed by atoms with Crippen LogP contribution in [0.4, 0.5) is 11.4 Å². The van der Waals surface area contributed by atoms with Gasteiger partial charge in [0.25, 0.3) is 17.3 Å². The smallest absolute Gasteiger partial charge is 0.335 e. The van der Waals surface area contributed by atoms with Crippen LogP contribution in [0.5, 0.6) is 0 Å². The lowest BCUT2D eigenvalue weighted by molar-refractivity contribution is -0.385. The number of amides is 1. The second-order valence-corrected chi connectivity index (χ2v) is 13.4. The highest BCUT2D eigenvalue weighted by Crippen LogP contribution is 2.43. The summed E-state index contributed by atoms with van der Waals surface area (Å²) in [5.74, 6) is -1.87. The summed E-state index contributed by atoms with van der Waals surface area (Å²) < 4.78 is 0. The fourth-order valence-corrected chi connectivity index (χ4v) is 7.08. The first-order chi connectivity index (χ1) is 26.8. The Morgan fingerprint density at radius 2 is 0.948 bits per heavy atom. The van der Waals surface area contributed by atoms with E-state index in [-0.39, 0.29) is 73.2 Å². The molecule has 1 saturated heterocycles. The van der Waals surface area contributed by atoms with Crippen LogP contribution in [0.3, 0.4) is 0 Å². The lowest BCUT2D eigenvalue weighted by Gasteiger charge is -2.49. The van der Waals surface area contributed by atoms with Gasteiger partial charge in [0.1, 0.15) is 11.6 Å². The zero-order valence-corrected chi connectivity index (χ0v) is 30.9. The summed E-state index contributed by atoms with van der Waals surface area (Å²) in [5, 5.41) is 31.0. The highest BCUT2D eigenvalue weighted by molar-refractivity contribution is 5.95. The number of piperazine rings is 1. The van der Waals surface area contributed by atoms with Gasteiger partial charge in [0, 0.05) is 67.8 Å². The number of hydrogen-bond acceptors (Lipinski definition) is 9. The highest BCUT2D eigenvalue weighted by atomic mass is 16.6. The molecule has 1 N–H and O–H groups in total. The van der Waals surface area contributed by atoms with Crippen LogP contribution in [0, 0.1) is 20.2 Å². The number of nitrogens with zero attached hydrogens (tertiary/aromatic N) is 4. The van der Waals surface area contributed by atoms with Gasteiger partial charge in [-0.15, -0.1) is 0 Å². The lowest BCUT2D eigenvalue weighted by atomic mass is 9.75. The first-order valence-corrected chi connectivity index (χ1v) is 17.8. The lowest BCUT2D eigenvalue weighted by Crippen LogP contribution is -2.57. The number of nitro groups is 2. The molecule has 0 saturated carbocycles. The SMILES string of the molecule is C.C.CC(=O)Cc1ccc(C(=O)N2CCN(C(c3ccccc3)(c3ccccc3)c3ccccc3)CC2)cc1[N+](=O)[O-].CC(=O)Cc1ccc(C(=O)O)cc1[N+](=O)[O-]. The van der Waals surface area contributed by atoms with E-state index in [1.807, 2.05) is 18.2 Å². The van der Waals surface area contributed by atoms with Crippen molar-refractivity contribution in [2.75, 3.05) is 26.2 Å². The topological polar surface area (TPSA) is 181 Å². The van der Waals surface area contributed by atoms with Crippen LogP contribution >= 0.6 is 0 Å². The van der Waals surface area contributed by atoms with E-state index in [1.54, 1.807) is 11.0 Å². The molecule has 1 heterocycles. The molecule has 58 heavy (non-hydrogen) atoms. The van der Waals surface area contributed by atoms with E-state index < -0.39 is 21.4 Å². The maximum absolute atomic E-state index is 13.5. The van der Waals surface area contributed by atoms with E-state index in [0.29, 0.717) is 31.7 Å². The number of carboxylic acids is 1. The number of ketones is 2. The van der Waals surface area contributed by atoms with Gasteiger partial charge in [-0.2, -0.15) is 0 Å². The fraction of sp³-hybridized carbons (Fsp3) is 0.244. The third-order valence-electron chi connectivity index (χ3n) is 9.55. The van der Waals surface area contributed by atoms with Gasteiger partial charge >= 0.3 is 5.97 Å². The minimum atomic E-state index is -1.24. The summed E-state index contributed by atoms with van der Waals surface area (Å²) in [6.45, 7) is 4.85. The minimum Gasteiger partial charge on any atom is -0.478 e. The highest BCUT2D eigenvalue weighted by Gasteiger charge is 2.43. The molecular weight excluding hydrogens is 741 g/mol. The van der Waals surface area contributed by atoms with Crippen molar-refractivity contribution < 1.29 is 34.1 Å². The first-order valence-electron chi connectivity index (χ1n) is 17.8. The normalized spacial score (nSPS) is 12.4. The molecule has 0 aromatic heterocycles. The van der Waals surface area contributed by atoms with Crippen molar-refractivity contribution in [3.05, 3.63) is 187 Å². The second kappa shape index (κ2) is 20.3. The van der Waals surface area contributed by atoms with Gasteiger partial charge < -0.3 is 10.0 Å². The van der Waals surface area contributed by atoms with Crippen LogP contribution in [0.15, 0.2) is 127 Å². The van der Waals surface area contributed by atoms with Gasteiger partial charge in [-0.25, -0.2) is 4.79 Å². The molecule has 0 aliphatic carbocycles. The van der Waals surface area contributed by atoms with Gasteiger partial charge in [-0.05, 0) is 42.7 Å². The van der Waals surface area contributed by atoms with Gasteiger partial charge in [0.05, 0.1) is 20.9 Å². The van der Waals surface area contributed by atoms with Gasteiger partial charge in [-0.1, -0.05) is 118 Å². The molecule has 0 bridgehead atoms. The zero-order valence-electron chi connectivity index (χ0n) is 30.9. The van der Waals surface area contributed by atoms with Crippen LogP contribution in [0.1, 0.15) is 77.2 Å². The Kier molecular flexibility index (Phi) is 16.0. The molecule has 5 aromatic rings. The van der Waals surface area contributed by atoms with Crippen molar-refractivity contribution in [2.45, 2.75) is 47.1 Å². The monoisotopic (exact) mass is 788 g/mol. The molecule has 13 heteroatoms. The van der Waals surface area contributed by atoms with Crippen molar-refractivity contribution in [1.29, 1.82) is 0 Å². The number of aromatic carboxylic acids is 1. The number of carbonyl (C=O) groups excluding carboxylic acids is 3. The Labute approximate surface area is 337 Å². The van der Waals surface area contributed by atoms with Gasteiger partial charge in [-0.3, -0.25) is 39.5 Å². The number of nitro benzene ring substituents is 2. The van der Waals surface area contributed by atoms with E-state index >= 15 is 0 Å². The third-order valence-corrected chi connectivity index (χ3v) is 9.55. The van der Waals surface area contributed by atoms with E-state index in [2.05, 4.69) is 77.7 Å². The standard InChI is InChI=1S/C33H31N3O4.C10H9NO5.2CH4/c1-25(37)23-26-17-18-27(24-31(26)36(39)40)32(38)34-19-21-35(22-20-34)33(28-11-5-2-6-12-28,29-13-7-3-8-14-29)30-15-9-4-10-16-30;1-6(12)4-7-2-3-8(10(13)14)5-9(7)11(15)16;;/h2-18,24H,19-23H2,1H3;2-3,5H,4H2,1H3,(H,13,14);2*1H4. The van der Waals surface area contributed by atoms with E-state index in [1.165, 1.54) is 38.1 Å². The van der Waals surface area contributed by atoms with Crippen molar-refractivity contribution in [2.24, 2.45) is 0 Å². The molecule has 1 aliphatic rings. The van der Waals surface area contributed by atoms with Crippen LogP contribution in [-0.2, 0) is 28.0 Å². The molecule has 302 valence electrons. The van der Waals surface area contributed by atoms with E-state index in [0.717, 1.165) is 22.8 Å². The number of Topliss-reactive ketones (excluding diaryl/α,β-unsaturated/α-hetero) is 2. The molecule has 13 nitrogen and oxygen atoms in total.